The lowest BCUT2D eigenvalue weighted by molar-refractivity contribution is 1.54. The van der Waals surface area contributed by atoms with Gasteiger partial charge in [0.05, 0.1) is 11.4 Å². The van der Waals surface area contributed by atoms with Crippen molar-refractivity contribution < 1.29 is 0 Å². The molecular weight excluding hydrogens is 208 g/mol. The van der Waals surface area contributed by atoms with Crippen LogP contribution in [0.25, 0.3) is 0 Å². The minimum Gasteiger partial charge on any atom is -0.397 e. The fraction of sp³-hybridized carbons (Fsp3) is 0. The van der Waals surface area contributed by atoms with Gasteiger partial charge < -0.3 is 11.1 Å². The van der Waals surface area contributed by atoms with Crippen molar-refractivity contribution in [3.63, 3.8) is 0 Å². The van der Waals surface area contributed by atoms with Gasteiger partial charge in [0.25, 0.3) is 0 Å². The largest absolute Gasteiger partial charge is 0.397 e. The molecule has 0 unspecified atom stereocenters. The summed E-state index contributed by atoms with van der Waals surface area (Å²) < 4.78 is 0. The van der Waals surface area contributed by atoms with Crippen LogP contribution in [0.3, 0.4) is 0 Å². The van der Waals surface area contributed by atoms with Gasteiger partial charge in [-0.25, -0.2) is 0 Å². The van der Waals surface area contributed by atoms with E-state index in [4.69, 9.17) is 17.3 Å². The second-order valence-electron chi connectivity index (χ2n) is 3.15. The molecule has 1 radical (unpaired) electrons. The van der Waals surface area contributed by atoms with Crippen LogP contribution in [0.5, 0.6) is 0 Å². The molecule has 0 atom stereocenters. The van der Waals surface area contributed by atoms with Crippen LogP contribution in [-0.2, 0) is 0 Å². The monoisotopic (exact) mass is 217 g/mol. The molecule has 0 bridgehead atoms. The summed E-state index contributed by atoms with van der Waals surface area (Å²) in [5, 5.41) is 3.84. The zero-order valence-electron chi connectivity index (χ0n) is 8.00. The normalized spacial score (nSPS) is 9.93. The Kier molecular flexibility index (Phi) is 2.79. The molecule has 0 aliphatic carbocycles. The zero-order chi connectivity index (χ0) is 10.7. The Hall–Kier alpha value is -1.67. The Morgan fingerprint density at radius 1 is 1.13 bits per heavy atom. The predicted molar refractivity (Wildman–Crippen MR) is 64.4 cm³/mol. The number of hydrogen-bond donors (Lipinski definition) is 2. The zero-order valence-corrected chi connectivity index (χ0v) is 8.75. The number of benzene rings is 2. The van der Waals surface area contributed by atoms with E-state index in [0.717, 1.165) is 11.4 Å². The van der Waals surface area contributed by atoms with Gasteiger partial charge in [-0.2, -0.15) is 0 Å². The molecule has 0 saturated heterocycles. The van der Waals surface area contributed by atoms with Gasteiger partial charge in [-0.1, -0.05) is 23.7 Å². The average molecular weight is 218 g/mol. The summed E-state index contributed by atoms with van der Waals surface area (Å²) in [4.78, 5) is 0. The maximum Gasteiger partial charge on any atom is 0.0632 e. The number of nitrogen functional groups attached to an aromatic ring is 1. The second kappa shape index (κ2) is 4.24. The molecule has 0 saturated carbocycles. The minimum absolute atomic E-state index is 0.661. The Morgan fingerprint density at radius 3 is 2.60 bits per heavy atom. The summed E-state index contributed by atoms with van der Waals surface area (Å²) in [5.74, 6) is 0. The van der Waals surface area contributed by atoms with E-state index in [1.165, 1.54) is 0 Å². The molecule has 2 aromatic rings. The van der Waals surface area contributed by atoms with Gasteiger partial charge in [0, 0.05) is 10.7 Å². The molecule has 0 heterocycles. The number of nitrogens with one attached hydrogen (secondary N) is 1. The summed E-state index contributed by atoms with van der Waals surface area (Å²) in [6, 6.07) is 15.8. The topological polar surface area (TPSA) is 38.0 Å². The molecule has 3 N–H and O–H groups in total. The van der Waals surface area contributed by atoms with Crippen LogP contribution in [0.15, 0.2) is 42.5 Å². The van der Waals surface area contributed by atoms with E-state index in [-0.39, 0.29) is 0 Å². The number of hydrogen-bond acceptors (Lipinski definition) is 2. The maximum absolute atomic E-state index is 5.88. The first-order valence-electron chi connectivity index (χ1n) is 4.54. The van der Waals surface area contributed by atoms with Gasteiger partial charge in [-0.3, -0.25) is 0 Å². The van der Waals surface area contributed by atoms with E-state index in [1.807, 2.05) is 24.3 Å². The molecule has 0 aliphatic rings. The molecule has 0 aromatic heterocycles. The van der Waals surface area contributed by atoms with Crippen molar-refractivity contribution in [2.45, 2.75) is 0 Å². The predicted octanol–water partition coefficient (Wildman–Crippen LogP) is 3.47. The van der Waals surface area contributed by atoms with Crippen molar-refractivity contribution in [2.75, 3.05) is 11.1 Å². The number of halogens is 1. The van der Waals surface area contributed by atoms with E-state index in [9.17, 15) is 0 Å². The Bertz CT molecular complexity index is 454. The fourth-order valence-electron chi connectivity index (χ4n) is 1.26. The molecule has 3 heteroatoms. The van der Waals surface area contributed by atoms with Crippen LogP contribution < -0.4 is 11.1 Å². The third kappa shape index (κ3) is 2.42. The van der Waals surface area contributed by atoms with Crippen molar-refractivity contribution in [3.05, 3.63) is 53.6 Å². The molecule has 2 nitrogen and oxygen atoms in total. The van der Waals surface area contributed by atoms with Crippen molar-refractivity contribution in [3.8, 4) is 0 Å². The van der Waals surface area contributed by atoms with Crippen LogP contribution in [0, 0.1) is 6.07 Å². The van der Waals surface area contributed by atoms with E-state index in [2.05, 4.69) is 11.4 Å². The van der Waals surface area contributed by atoms with E-state index in [0.29, 0.717) is 10.7 Å². The molecule has 0 aliphatic heterocycles. The number of rotatable bonds is 2. The summed E-state index contributed by atoms with van der Waals surface area (Å²) in [6.45, 7) is 0. The van der Waals surface area contributed by atoms with Crippen LogP contribution in [0.1, 0.15) is 0 Å². The van der Waals surface area contributed by atoms with Crippen molar-refractivity contribution in [1.29, 1.82) is 0 Å². The van der Waals surface area contributed by atoms with Crippen molar-refractivity contribution in [1.82, 2.24) is 0 Å². The molecule has 0 spiro atoms. The van der Waals surface area contributed by atoms with Gasteiger partial charge in [-0.05, 0) is 36.4 Å². The van der Waals surface area contributed by atoms with Crippen LogP contribution >= 0.6 is 11.6 Å². The molecule has 0 fully saturated rings. The smallest absolute Gasteiger partial charge is 0.0632 e. The van der Waals surface area contributed by atoms with E-state index in [1.54, 1.807) is 18.2 Å². The lowest BCUT2D eigenvalue weighted by atomic mass is 10.2. The lowest BCUT2D eigenvalue weighted by Crippen LogP contribution is -1.95. The van der Waals surface area contributed by atoms with E-state index < -0.39 is 0 Å². The first-order chi connectivity index (χ1) is 7.25. The molecule has 2 rings (SSSR count). The van der Waals surface area contributed by atoms with Gasteiger partial charge in [0.15, 0.2) is 0 Å². The van der Waals surface area contributed by atoms with Crippen LogP contribution in [-0.4, -0.2) is 0 Å². The fourth-order valence-corrected chi connectivity index (χ4v) is 1.43. The molecule has 0 amide bonds. The highest BCUT2D eigenvalue weighted by Crippen LogP contribution is 2.26. The SMILES string of the molecule is Nc1ccc(Cl)cc1Nc1cc[c]cc1. The highest BCUT2D eigenvalue weighted by Gasteiger charge is 1.99. The summed E-state index contributed by atoms with van der Waals surface area (Å²) in [5.41, 5.74) is 8.26. The Morgan fingerprint density at radius 2 is 1.87 bits per heavy atom. The van der Waals surface area contributed by atoms with Crippen LogP contribution in [0.2, 0.25) is 5.02 Å². The maximum atomic E-state index is 5.88. The minimum atomic E-state index is 0.661. The molecule has 15 heavy (non-hydrogen) atoms. The third-order valence-electron chi connectivity index (χ3n) is 2.01. The second-order valence-corrected chi connectivity index (χ2v) is 3.58. The lowest BCUT2D eigenvalue weighted by Gasteiger charge is -2.09. The standard InChI is InChI=1S/C12H10ClN2/c13-9-6-7-11(14)12(8-9)15-10-4-2-1-3-5-10/h2-8,15H,14H2. The number of nitrogens with two attached hydrogens (primary N) is 1. The first kappa shape index (κ1) is 9.87. The average Bonchev–Trinajstić information content (AvgIpc) is 2.25. The highest BCUT2D eigenvalue weighted by atomic mass is 35.5. The summed E-state index contributed by atoms with van der Waals surface area (Å²) >= 11 is 5.88. The molecule has 2 aromatic carbocycles. The van der Waals surface area contributed by atoms with Gasteiger partial charge >= 0.3 is 0 Å². The third-order valence-corrected chi connectivity index (χ3v) is 2.25. The first-order valence-corrected chi connectivity index (χ1v) is 4.92. The van der Waals surface area contributed by atoms with Gasteiger partial charge in [0.1, 0.15) is 0 Å². The molecular formula is C12H10ClN2. The summed E-state index contributed by atoms with van der Waals surface area (Å²) in [6.07, 6.45) is 0. The Balaban J connectivity index is 2.28. The quantitative estimate of drug-likeness (QED) is 0.756. The molecule has 75 valence electrons. The van der Waals surface area contributed by atoms with Crippen molar-refractivity contribution in [2.24, 2.45) is 0 Å². The van der Waals surface area contributed by atoms with E-state index >= 15 is 0 Å². The van der Waals surface area contributed by atoms with Gasteiger partial charge in [0.2, 0.25) is 0 Å². The Labute approximate surface area is 93.7 Å². The van der Waals surface area contributed by atoms with Crippen LogP contribution in [0.4, 0.5) is 17.1 Å². The number of anilines is 3. The highest BCUT2D eigenvalue weighted by molar-refractivity contribution is 6.31. The summed E-state index contributed by atoms with van der Waals surface area (Å²) in [7, 11) is 0. The van der Waals surface area contributed by atoms with Gasteiger partial charge in [-0.15, -0.1) is 0 Å². The van der Waals surface area contributed by atoms with Crippen molar-refractivity contribution >= 4 is 28.7 Å².